The topological polar surface area (TPSA) is 64.6 Å². The van der Waals surface area contributed by atoms with Gasteiger partial charge in [-0.05, 0) is 39.7 Å². The van der Waals surface area contributed by atoms with Crippen LogP contribution in [-0.2, 0) is 19.3 Å². The third kappa shape index (κ3) is 4.08. The summed E-state index contributed by atoms with van der Waals surface area (Å²) in [5.74, 6) is 0.126. The van der Waals surface area contributed by atoms with Crippen molar-refractivity contribution in [3.63, 3.8) is 0 Å². The van der Waals surface area contributed by atoms with Crippen LogP contribution in [0.4, 0.5) is 5.69 Å². The van der Waals surface area contributed by atoms with Crippen LogP contribution in [-0.4, -0.2) is 32.5 Å². The Bertz CT molecular complexity index is 654. The average Bonchev–Trinajstić information content (AvgIpc) is 2.56. The Morgan fingerprint density at radius 1 is 1.09 bits per heavy atom. The lowest BCUT2D eigenvalue weighted by Gasteiger charge is -2.32. The minimum absolute atomic E-state index is 0.0523. The summed E-state index contributed by atoms with van der Waals surface area (Å²) in [6.07, 6.45) is 0. The van der Waals surface area contributed by atoms with E-state index in [2.05, 4.69) is 4.72 Å². The van der Waals surface area contributed by atoms with Gasteiger partial charge in [0.25, 0.3) is 0 Å². The van der Waals surface area contributed by atoms with Gasteiger partial charge in [0.05, 0.1) is 17.0 Å². The summed E-state index contributed by atoms with van der Waals surface area (Å²) in [6.45, 7) is 11.6. The molecule has 7 heteroatoms. The van der Waals surface area contributed by atoms with Gasteiger partial charge in [-0.1, -0.05) is 32.0 Å². The highest BCUT2D eigenvalue weighted by Crippen LogP contribution is 2.37. The van der Waals surface area contributed by atoms with Crippen LogP contribution >= 0.6 is 0 Å². The molecule has 0 spiro atoms. The van der Waals surface area contributed by atoms with Gasteiger partial charge in [-0.3, -0.25) is 4.72 Å². The zero-order valence-electron chi connectivity index (χ0n) is 14.7. The van der Waals surface area contributed by atoms with Crippen molar-refractivity contribution in [2.45, 2.75) is 52.7 Å². The predicted molar refractivity (Wildman–Crippen MR) is 94.4 cm³/mol. The van der Waals surface area contributed by atoms with Crippen LogP contribution in [0.5, 0.6) is 0 Å². The van der Waals surface area contributed by atoms with Crippen LogP contribution in [0.3, 0.4) is 0 Å². The summed E-state index contributed by atoms with van der Waals surface area (Å²) in [5.41, 5.74) is 0.258. The lowest BCUT2D eigenvalue weighted by molar-refractivity contribution is 0.00578. The molecule has 128 valence electrons. The zero-order valence-corrected chi connectivity index (χ0v) is 15.5. The molecule has 0 radical (unpaired) electrons. The van der Waals surface area contributed by atoms with Crippen LogP contribution in [0.25, 0.3) is 0 Å². The molecule has 0 aliphatic carbocycles. The van der Waals surface area contributed by atoms with Crippen LogP contribution in [0.2, 0.25) is 0 Å². The van der Waals surface area contributed by atoms with Crippen molar-refractivity contribution < 1.29 is 17.7 Å². The molecule has 1 aliphatic rings. The maximum atomic E-state index is 12.2. The molecule has 1 N–H and O–H groups in total. The van der Waals surface area contributed by atoms with Crippen molar-refractivity contribution in [2.75, 3.05) is 10.5 Å². The summed E-state index contributed by atoms with van der Waals surface area (Å²) >= 11 is 0. The molecular formula is C16H26BNO4S. The van der Waals surface area contributed by atoms with E-state index in [9.17, 15) is 8.42 Å². The largest absolute Gasteiger partial charge is 0.496 e. The molecule has 5 nitrogen and oxygen atoms in total. The van der Waals surface area contributed by atoms with Crippen LogP contribution in [0, 0.1) is 5.92 Å². The van der Waals surface area contributed by atoms with E-state index in [1.807, 2.05) is 53.7 Å². The number of nitrogens with one attached hydrogen (secondary N) is 1. The monoisotopic (exact) mass is 339 g/mol. The van der Waals surface area contributed by atoms with Crippen LogP contribution in [0.15, 0.2) is 24.3 Å². The third-order valence-electron chi connectivity index (χ3n) is 4.29. The summed E-state index contributed by atoms with van der Waals surface area (Å²) < 4.78 is 39.2. The van der Waals surface area contributed by atoms with Gasteiger partial charge < -0.3 is 9.31 Å². The SMILES string of the molecule is CC(C)CS(=O)(=O)Nc1ccccc1B1OC(C)(C)C(C)(C)O1. The number of benzene rings is 1. The molecule has 0 unspecified atom stereocenters. The number of anilines is 1. The van der Waals surface area contributed by atoms with Crippen molar-refractivity contribution in [1.82, 2.24) is 0 Å². The molecule has 1 heterocycles. The Labute approximate surface area is 140 Å². The van der Waals surface area contributed by atoms with Crippen molar-refractivity contribution in [3.05, 3.63) is 24.3 Å². The number of hydrogen-bond donors (Lipinski definition) is 1. The van der Waals surface area contributed by atoms with Crippen LogP contribution in [0.1, 0.15) is 41.5 Å². The van der Waals surface area contributed by atoms with E-state index in [-0.39, 0.29) is 11.7 Å². The Hall–Kier alpha value is -1.05. The molecule has 1 aromatic rings. The molecule has 1 aliphatic heterocycles. The second-order valence-corrected chi connectivity index (χ2v) is 9.22. The van der Waals surface area contributed by atoms with E-state index >= 15 is 0 Å². The minimum Gasteiger partial charge on any atom is -0.399 e. The third-order valence-corrected chi connectivity index (χ3v) is 5.92. The first-order valence-electron chi connectivity index (χ1n) is 7.88. The molecule has 1 saturated heterocycles. The van der Waals surface area contributed by atoms with Gasteiger partial charge in [0.1, 0.15) is 0 Å². The van der Waals surface area contributed by atoms with Crippen LogP contribution < -0.4 is 10.2 Å². The fourth-order valence-corrected chi connectivity index (χ4v) is 3.90. The van der Waals surface area contributed by atoms with Gasteiger partial charge in [-0.15, -0.1) is 0 Å². The van der Waals surface area contributed by atoms with Crippen molar-refractivity contribution in [1.29, 1.82) is 0 Å². The first-order chi connectivity index (χ1) is 10.4. The maximum absolute atomic E-state index is 12.2. The summed E-state index contributed by atoms with van der Waals surface area (Å²) in [6, 6.07) is 7.20. The van der Waals surface area contributed by atoms with E-state index < -0.39 is 28.3 Å². The van der Waals surface area contributed by atoms with Gasteiger partial charge in [-0.2, -0.15) is 0 Å². The fraction of sp³-hybridized carbons (Fsp3) is 0.625. The smallest absolute Gasteiger partial charge is 0.399 e. The lowest BCUT2D eigenvalue weighted by atomic mass is 9.78. The number of rotatable bonds is 5. The van der Waals surface area contributed by atoms with Gasteiger partial charge in [0.2, 0.25) is 10.0 Å². The minimum atomic E-state index is -3.40. The van der Waals surface area contributed by atoms with Crippen molar-refractivity contribution >= 4 is 28.3 Å². The molecule has 1 fully saturated rings. The van der Waals surface area contributed by atoms with E-state index in [0.29, 0.717) is 11.2 Å². The quantitative estimate of drug-likeness (QED) is 0.837. The number of hydrogen-bond acceptors (Lipinski definition) is 4. The summed E-state index contributed by atoms with van der Waals surface area (Å²) in [4.78, 5) is 0. The fourth-order valence-electron chi connectivity index (χ4n) is 2.41. The lowest BCUT2D eigenvalue weighted by Crippen LogP contribution is -2.41. The second-order valence-electron chi connectivity index (χ2n) is 7.45. The molecule has 0 atom stereocenters. The summed E-state index contributed by atoms with van der Waals surface area (Å²) in [7, 11) is -4.00. The molecule has 0 saturated carbocycles. The van der Waals surface area contributed by atoms with Crippen molar-refractivity contribution in [2.24, 2.45) is 5.92 Å². The van der Waals surface area contributed by atoms with E-state index in [1.165, 1.54) is 0 Å². The van der Waals surface area contributed by atoms with Gasteiger partial charge in [0, 0.05) is 11.2 Å². The highest BCUT2D eigenvalue weighted by molar-refractivity contribution is 7.92. The predicted octanol–water partition coefficient (Wildman–Crippen LogP) is 2.38. The average molecular weight is 339 g/mol. The molecular weight excluding hydrogens is 313 g/mol. The molecule has 2 rings (SSSR count). The first-order valence-corrected chi connectivity index (χ1v) is 9.54. The van der Waals surface area contributed by atoms with Gasteiger partial charge in [0.15, 0.2) is 0 Å². The summed E-state index contributed by atoms with van der Waals surface area (Å²) in [5, 5.41) is 0. The highest BCUT2D eigenvalue weighted by atomic mass is 32.2. The van der Waals surface area contributed by atoms with E-state index in [4.69, 9.17) is 9.31 Å². The number of para-hydroxylation sites is 1. The number of sulfonamides is 1. The zero-order chi connectivity index (χ0) is 17.5. The molecule has 1 aromatic carbocycles. The highest BCUT2D eigenvalue weighted by Gasteiger charge is 2.52. The Balaban J connectivity index is 2.30. The molecule has 23 heavy (non-hydrogen) atoms. The van der Waals surface area contributed by atoms with E-state index in [0.717, 1.165) is 0 Å². The molecule has 0 amide bonds. The first kappa shape index (κ1) is 18.3. The Kier molecular flexibility index (Phi) is 4.86. The van der Waals surface area contributed by atoms with Crippen molar-refractivity contribution in [3.8, 4) is 0 Å². The molecule has 0 aromatic heterocycles. The van der Waals surface area contributed by atoms with Gasteiger partial charge in [-0.25, -0.2) is 8.42 Å². The molecule has 0 bridgehead atoms. The normalized spacial score (nSPS) is 20.0. The Morgan fingerprint density at radius 3 is 2.13 bits per heavy atom. The Morgan fingerprint density at radius 2 is 1.61 bits per heavy atom. The second kappa shape index (κ2) is 6.11. The van der Waals surface area contributed by atoms with Gasteiger partial charge >= 0.3 is 7.12 Å². The standard InChI is InChI=1S/C16H26BNO4S/c1-12(2)11-23(19,20)18-14-10-8-7-9-13(14)17-21-15(3,4)16(5,6)22-17/h7-10,12,18H,11H2,1-6H3. The van der Waals surface area contributed by atoms with E-state index in [1.54, 1.807) is 12.1 Å². The maximum Gasteiger partial charge on any atom is 0.496 e.